The zero-order valence-corrected chi connectivity index (χ0v) is 21.1. The first-order valence-corrected chi connectivity index (χ1v) is 14.8. The Bertz CT molecular complexity index is 657. The molecule has 3 rings (SSSR count). The van der Waals surface area contributed by atoms with Gasteiger partial charge in [-0.3, -0.25) is 4.55 Å². The summed E-state index contributed by atoms with van der Waals surface area (Å²) >= 11 is 0. The highest BCUT2D eigenvalue weighted by atomic mass is 32.2. The van der Waals surface area contributed by atoms with Gasteiger partial charge in [0.25, 0.3) is 10.1 Å². The molecule has 2 spiro atoms. The molecular weight excluding hydrogens is 428 g/mol. The molecular formula is C25H46O6S. The molecule has 3 saturated heterocycles. The molecule has 3 fully saturated rings. The molecule has 0 aromatic carbocycles. The summed E-state index contributed by atoms with van der Waals surface area (Å²) < 4.78 is 52.1. The molecule has 0 aliphatic carbocycles. The highest BCUT2D eigenvalue weighted by Gasteiger charge is 2.77. The summed E-state index contributed by atoms with van der Waals surface area (Å²) in [6, 6.07) is 0. The number of ether oxygens (including phenoxy) is 3. The van der Waals surface area contributed by atoms with Gasteiger partial charge in [0.15, 0.2) is 0 Å². The van der Waals surface area contributed by atoms with Crippen molar-refractivity contribution in [2.75, 3.05) is 19.8 Å². The number of unbranched alkanes of at least 4 members (excludes halogenated alkanes) is 13. The van der Waals surface area contributed by atoms with Crippen molar-refractivity contribution < 1.29 is 27.2 Å². The summed E-state index contributed by atoms with van der Waals surface area (Å²) in [5, 5.41) is 0. The molecule has 7 heteroatoms. The van der Waals surface area contributed by atoms with E-state index < -0.39 is 26.3 Å². The minimum absolute atomic E-state index is 0.318. The third kappa shape index (κ3) is 5.37. The molecule has 32 heavy (non-hydrogen) atoms. The molecule has 0 aromatic rings. The normalized spacial score (nSPS) is 32.2. The molecule has 0 radical (unpaired) electrons. The van der Waals surface area contributed by atoms with Crippen LogP contribution in [0.2, 0.25) is 0 Å². The summed E-state index contributed by atoms with van der Waals surface area (Å²) in [4.78, 5) is 0. The standard InChI is InChI=1S/C25H46O6S/c1-2-3-4-5-6-7-8-9-10-11-12-13-14-15-16-23(32(26,27)28)17-20-29-24(23)18-21-30-25(24)19-22-31-25/h2-22H2,1H3,(H,26,27,28). The third-order valence-electron chi connectivity index (χ3n) is 8.19. The van der Waals surface area contributed by atoms with Crippen LogP contribution in [0.4, 0.5) is 0 Å². The van der Waals surface area contributed by atoms with Crippen LogP contribution in [0.1, 0.15) is 122 Å². The Hall–Kier alpha value is -0.210. The predicted octanol–water partition coefficient (Wildman–Crippen LogP) is 6.18. The lowest BCUT2D eigenvalue weighted by Gasteiger charge is -2.53. The maximum absolute atomic E-state index is 12.7. The minimum Gasteiger partial charge on any atom is -0.367 e. The fourth-order valence-corrected chi connectivity index (χ4v) is 7.74. The van der Waals surface area contributed by atoms with E-state index >= 15 is 0 Å². The SMILES string of the molecule is CCCCCCCCCCCCCCCCC1(S(=O)(=O)O)CCOC12CCOC21CCO1. The highest BCUT2D eigenvalue weighted by molar-refractivity contribution is 7.87. The Labute approximate surface area is 195 Å². The fraction of sp³-hybridized carbons (Fsp3) is 1.00. The number of rotatable bonds is 16. The summed E-state index contributed by atoms with van der Waals surface area (Å²) in [5.74, 6) is -0.991. The Balaban J connectivity index is 1.35. The third-order valence-corrected chi connectivity index (χ3v) is 9.91. The van der Waals surface area contributed by atoms with Crippen molar-refractivity contribution >= 4 is 10.1 Å². The van der Waals surface area contributed by atoms with Gasteiger partial charge < -0.3 is 14.2 Å². The van der Waals surface area contributed by atoms with E-state index in [9.17, 15) is 13.0 Å². The van der Waals surface area contributed by atoms with E-state index in [4.69, 9.17) is 14.2 Å². The van der Waals surface area contributed by atoms with Gasteiger partial charge in [-0.2, -0.15) is 8.42 Å². The maximum atomic E-state index is 12.7. The number of fused-ring (bicyclic) bond motifs is 1. The van der Waals surface area contributed by atoms with E-state index in [1.165, 1.54) is 70.6 Å². The van der Waals surface area contributed by atoms with Gasteiger partial charge in [-0.1, -0.05) is 96.8 Å². The molecule has 3 aliphatic heterocycles. The lowest BCUT2D eigenvalue weighted by molar-refractivity contribution is -0.349. The Morgan fingerprint density at radius 3 is 1.59 bits per heavy atom. The second-order valence-corrected chi connectivity index (χ2v) is 11.9. The second-order valence-electron chi connectivity index (χ2n) is 10.2. The van der Waals surface area contributed by atoms with Gasteiger partial charge in [0.05, 0.1) is 13.2 Å². The van der Waals surface area contributed by atoms with Crippen LogP contribution in [0.3, 0.4) is 0 Å². The van der Waals surface area contributed by atoms with Crippen LogP contribution in [0.25, 0.3) is 0 Å². The topological polar surface area (TPSA) is 82.1 Å². The van der Waals surface area contributed by atoms with Crippen LogP contribution in [0.15, 0.2) is 0 Å². The molecule has 3 heterocycles. The van der Waals surface area contributed by atoms with Gasteiger partial charge in [0.2, 0.25) is 5.79 Å². The van der Waals surface area contributed by atoms with Crippen molar-refractivity contribution in [3.8, 4) is 0 Å². The van der Waals surface area contributed by atoms with Gasteiger partial charge in [-0.05, 0) is 12.8 Å². The highest BCUT2D eigenvalue weighted by Crippen LogP contribution is 2.60. The minimum atomic E-state index is -4.31. The van der Waals surface area contributed by atoms with Gasteiger partial charge >= 0.3 is 0 Å². The molecule has 0 aromatic heterocycles. The number of hydrogen-bond donors (Lipinski definition) is 1. The average Bonchev–Trinajstić information content (AvgIpc) is 3.31. The first-order chi connectivity index (χ1) is 15.4. The van der Waals surface area contributed by atoms with Crippen LogP contribution in [-0.2, 0) is 24.3 Å². The summed E-state index contributed by atoms with van der Waals surface area (Å²) in [7, 11) is -4.31. The van der Waals surface area contributed by atoms with Crippen LogP contribution >= 0.6 is 0 Å². The summed E-state index contributed by atoms with van der Waals surface area (Å²) in [6.07, 6.45) is 19.4. The molecule has 188 valence electrons. The summed E-state index contributed by atoms with van der Waals surface area (Å²) in [5.41, 5.74) is -1.07. The van der Waals surface area contributed by atoms with E-state index in [0.29, 0.717) is 45.5 Å². The van der Waals surface area contributed by atoms with Crippen LogP contribution in [0, 0.1) is 0 Å². The van der Waals surface area contributed by atoms with Gasteiger partial charge in [-0.25, -0.2) is 0 Å². The van der Waals surface area contributed by atoms with Crippen molar-refractivity contribution in [3.05, 3.63) is 0 Å². The lowest BCUT2D eigenvalue weighted by atomic mass is 9.73. The fourth-order valence-electron chi connectivity index (χ4n) is 6.27. The van der Waals surface area contributed by atoms with E-state index in [1.54, 1.807) is 0 Å². The Morgan fingerprint density at radius 2 is 1.12 bits per heavy atom. The smallest absolute Gasteiger partial charge is 0.273 e. The number of hydrogen-bond acceptors (Lipinski definition) is 5. The van der Waals surface area contributed by atoms with E-state index in [-0.39, 0.29) is 0 Å². The average molecular weight is 475 g/mol. The molecule has 3 aliphatic rings. The molecule has 0 saturated carbocycles. The van der Waals surface area contributed by atoms with Gasteiger partial charge in [-0.15, -0.1) is 0 Å². The monoisotopic (exact) mass is 474 g/mol. The van der Waals surface area contributed by atoms with Gasteiger partial charge in [0, 0.05) is 19.4 Å². The predicted molar refractivity (Wildman–Crippen MR) is 126 cm³/mol. The van der Waals surface area contributed by atoms with Crippen LogP contribution < -0.4 is 0 Å². The Morgan fingerprint density at radius 1 is 0.656 bits per heavy atom. The quantitative estimate of drug-likeness (QED) is 0.212. The van der Waals surface area contributed by atoms with E-state index in [2.05, 4.69) is 6.92 Å². The molecule has 0 bridgehead atoms. The molecule has 0 amide bonds. The van der Waals surface area contributed by atoms with Crippen molar-refractivity contribution in [3.63, 3.8) is 0 Å². The molecule has 3 atom stereocenters. The Kier molecular flexibility index (Phi) is 9.87. The van der Waals surface area contributed by atoms with Crippen molar-refractivity contribution in [1.29, 1.82) is 0 Å². The van der Waals surface area contributed by atoms with Crippen LogP contribution in [0.5, 0.6) is 0 Å². The zero-order valence-electron chi connectivity index (χ0n) is 20.2. The molecule has 1 N–H and O–H groups in total. The maximum Gasteiger partial charge on any atom is 0.273 e. The van der Waals surface area contributed by atoms with E-state index in [0.717, 1.165) is 19.3 Å². The van der Waals surface area contributed by atoms with Gasteiger partial charge in [0.1, 0.15) is 10.3 Å². The first kappa shape index (κ1) is 26.4. The van der Waals surface area contributed by atoms with Crippen molar-refractivity contribution in [1.82, 2.24) is 0 Å². The van der Waals surface area contributed by atoms with E-state index in [1.807, 2.05) is 0 Å². The molecule has 3 unspecified atom stereocenters. The van der Waals surface area contributed by atoms with Crippen molar-refractivity contribution in [2.24, 2.45) is 0 Å². The summed E-state index contributed by atoms with van der Waals surface area (Å²) in [6.45, 7) is 3.55. The largest absolute Gasteiger partial charge is 0.367 e. The molecule has 6 nitrogen and oxygen atoms in total. The second kappa shape index (κ2) is 12.0. The van der Waals surface area contributed by atoms with Crippen LogP contribution in [-0.4, -0.2) is 48.9 Å². The lowest BCUT2D eigenvalue weighted by Crippen LogP contribution is -2.70. The zero-order chi connectivity index (χ0) is 23.0. The van der Waals surface area contributed by atoms with Crippen molar-refractivity contribution in [2.45, 2.75) is 139 Å². The first-order valence-electron chi connectivity index (χ1n) is 13.3.